The van der Waals surface area contributed by atoms with E-state index in [2.05, 4.69) is 6.07 Å². The lowest BCUT2D eigenvalue weighted by atomic mass is 10.0. The number of aryl methyl sites for hydroxylation is 1. The third kappa shape index (κ3) is 2.67. The van der Waals surface area contributed by atoms with Crippen molar-refractivity contribution in [1.29, 1.82) is 0 Å². The summed E-state index contributed by atoms with van der Waals surface area (Å²) in [6.45, 7) is 1.16. The van der Waals surface area contributed by atoms with Gasteiger partial charge >= 0.3 is 5.97 Å². The van der Waals surface area contributed by atoms with Gasteiger partial charge in [-0.05, 0) is 24.0 Å². The number of aromatic carboxylic acids is 1. The molecule has 1 aromatic carbocycles. The van der Waals surface area contributed by atoms with Gasteiger partial charge in [0.2, 0.25) is 0 Å². The summed E-state index contributed by atoms with van der Waals surface area (Å²) in [7, 11) is 0. The monoisotopic (exact) mass is 285 g/mol. The lowest BCUT2D eigenvalue weighted by molar-refractivity contribution is 0.0692. The van der Waals surface area contributed by atoms with Crippen molar-refractivity contribution in [2.75, 3.05) is 6.54 Å². The van der Waals surface area contributed by atoms with Gasteiger partial charge in [-0.3, -0.25) is 4.79 Å². The van der Waals surface area contributed by atoms with Gasteiger partial charge in [-0.1, -0.05) is 24.3 Å². The Morgan fingerprint density at radius 2 is 1.95 bits per heavy atom. The molecule has 0 spiro atoms. The number of hydrogen-bond acceptors (Lipinski definition) is 3. The molecule has 0 radical (unpaired) electrons. The predicted octanol–water partition coefficient (Wildman–Crippen LogP) is 2.57. The van der Waals surface area contributed by atoms with Crippen LogP contribution in [0, 0.1) is 0 Å². The molecule has 2 heterocycles. The molecule has 0 atom stereocenters. The minimum atomic E-state index is -1.10. The second-order valence-corrected chi connectivity index (χ2v) is 5.10. The summed E-state index contributed by atoms with van der Waals surface area (Å²) in [6, 6.07) is 9.34. The number of carbonyl (C=O) groups excluding carboxylic acids is 1. The van der Waals surface area contributed by atoms with Gasteiger partial charge in [0.1, 0.15) is 6.26 Å². The molecule has 1 aromatic heterocycles. The molecule has 21 heavy (non-hydrogen) atoms. The van der Waals surface area contributed by atoms with Crippen LogP contribution in [0.2, 0.25) is 0 Å². The average molecular weight is 285 g/mol. The van der Waals surface area contributed by atoms with E-state index in [1.54, 1.807) is 4.90 Å². The molecule has 0 saturated carbocycles. The molecule has 1 amide bonds. The van der Waals surface area contributed by atoms with Crippen molar-refractivity contribution in [1.82, 2.24) is 4.90 Å². The summed E-state index contributed by atoms with van der Waals surface area (Å²) in [5.41, 5.74) is 2.39. The van der Waals surface area contributed by atoms with E-state index in [1.165, 1.54) is 11.6 Å². The number of fused-ring (bicyclic) bond motifs is 1. The Bertz CT molecular complexity index is 689. The summed E-state index contributed by atoms with van der Waals surface area (Å²) in [6.07, 6.45) is 2.93. The van der Waals surface area contributed by atoms with Crippen molar-refractivity contribution in [2.24, 2.45) is 0 Å². The molecule has 1 aliphatic rings. The van der Waals surface area contributed by atoms with Crippen LogP contribution in [0.25, 0.3) is 0 Å². The molecular weight excluding hydrogens is 270 g/mol. The summed E-state index contributed by atoms with van der Waals surface area (Å²) < 4.78 is 5.10. The van der Waals surface area contributed by atoms with Crippen molar-refractivity contribution in [3.05, 3.63) is 59.0 Å². The molecule has 108 valence electrons. The Morgan fingerprint density at radius 3 is 2.67 bits per heavy atom. The number of benzene rings is 1. The number of amides is 1. The van der Waals surface area contributed by atoms with E-state index in [-0.39, 0.29) is 17.2 Å². The Hall–Kier alpha value is -2.56. The molecule has 0 unspecified atom stereocenters. The molecular formula is C16H15NO4. The number of nitrogens with zero attached hydrogens (tertiary/aromatic N) is 1. The first-order valence-corrected chi connectivity index (χ1v) is 6.83. The lowest BCUT2D eigenvalue weighted by Crippen LogP contribution is -2.30. The number of carbonyl (C=O) groups is 2. The SMILES string of the molecule is O=C(O)c1coc(C(=O)N2CCCc3ccccc3C2)c1. The second kappa shape index (κ2) is 5.44. The van der Waals surface area contributed by atoms with E-state index in [1.807, 2.05) is 18.2 Å². The zero-order valence-electron chi connectivity index (χ0n) is 11.4. The first-order chi connectivity index (χ1) is 10.1. The third-order valence-electron chi connectivity index (χ3n) is 3.70. The van der Waals surface area contributed by atoms with Gasteiger partial charge in [-0.25, -0.2) is 4.79 Å². The van der Waals surface area contributed by atoms with Gasteiger partial charge in [0.15, 0.2) is 5.76 Å². The fourth-order valence-electron chi connectivity index (χ4n) is 2.59. The highest BCUT2D eigenvalue weighted by Gasteiger charge is 2.23. The van der Waals surface area contributed by atoms with Crippen molar-refractivity contribution in [3.63, 3.8) is 0 Å². The molecule has 0 bridgehead atoms. The summed E-state index contributed by atoms with van der Waals surface area (Å²) in [5, 5.41) is 8.88. The smallest absolute Gasteiger partial charge is 0.338 e. The van der Waals surface area contributed by atoms with E-state index in [0.29, 0.717) is 13.1 Å². The van der Waals surface area contributed by atoms with E-state index in [9.17, 15) is 9.59 Å². The maximum atomic E-state index is 12.4. The predicted molar refractivity (Wildman–Crippen MR) is 75.2 cm³/mol. The van der Waals surface area contributed by atoms with E-state index < -0.39 is 5.97 Å². The molecule has 5 heteroatoms. The largest absolute Gasteiger partial charge is 0.478 e. The van der Waals surface area contributed by atoms with E-state index >= 15 is 0 Å². The Labute approximate surface area is 121 Å². The minimum absolute atomic E-state index is 0.00595. The van der Waals surface area contributed by atoms with Crippen LogP contribution in [0.1, 0.15) is 38.5 Å². The maximum Gasteiger partial charge on any atom is 0.338 e. The van der Waals surface area contributed by atoms with E-state index in [0.717, 1.165) is 24.7 Å². The zero-order valence-corrected chi connectivity index (χ0v) is 11.4. The molecule has 1 aliphatic heterocycles. The average Bonchev–Trinajstić information content (AvgIpc) is 2.87. The second-order valence-electron chi connectivity index (χ2n) is 5.10. The highest BCUT2D eigenvalue weighted by molar-refractivity contribution is 5.95. The number of hydrogen-bond donors (Lipinski definition) is 1. The quantitative estimate of drug-likeness (QED) is 0.920. The fourth-order valence-corrected chi connectivity index (χ4v) is 2.59. The van der Waals surface area contributed by atoms with Crippen LogP contribution >= 0.6 is 0 Å². The van der Waals surface area contributed by atoms with Crippen molar-refractivity contribution < 1.29 is 19.1 Å². The molecule has 3 rings (SSSR count). The van der Waals surface area contributed by atoms with Gasteiger partial charge in [-0.2, -0.15) is 0 Å². The lowest BCUT2D eigenvalue weighted by Gasteiger charge is -2.19. The minimum Gasteiger partial charge on any atom is -0.478 e. The third-order valence-corrected chi connectivity index (χ3v) is 3.70. The highest BCUT2D eigenvalue weighted by Crippen LogP contribution is 2.20. The normalized spacial score (nSPS) is 14.4. The van der Waals surface area contributed by atoms with Crippen LogP contribution in [0.4, 0.5) is 0 Å². The molecule has 0 saturated heterocycles. The first kappa shape index (κ1) is 13.4. The van der Waals surface area contributed by atoms with Crippen molar-refractivity contribution >= 4 is 11.9 Å². The molecule has 1 N–H and O–H groups in total. The fraction of sp³-hybridized carbons (Fsp3) is 0.250. The summed E-state index contributed by atoms with van der Waals surface area (Å²) >= 11 is 0. The van der Waals surface area contributed by atoms with Gasteiger partial charge < -0.3 is 14.4 Å². The number of furan rings is 1. The number of carboxylic acids is 1. The molecule has 5 nitrogen and oxygen atoms in total. The van der Waals surface area contributed by atoms with Crippen LogP contribution in [0.15, 0.2) is 41.0 Å². The van der Waals surface area contributed by atoms with Crippen molar-refractivity contribution in [3.8, 4) is 0 Å². The van der Waals surface area contributed by atoms with Gasteiger partial charge in [-0.15, -0.1) is 0 Å². The number of rotatable bonds is 2. The standard InChI is InChI=1S/C16H15NO4/c18-15(14-8-13(10-21-14)16(19)20)17-7-3-6-11-4-1-2-5-12(11)9-17/h1-2,4-5,8,10H,3,6-7,9H2,(H,19,20). The van der Waals surface area contributed by atoms with Crippen molar-refractivity contribution in [2.45, 2.75) is 19.4 Å². The zero-order chi connectivity index (χ0) is 14.8. The maximum absolute atomic E-state index is 12.4. The summed E-state index contributed by atoms with van der Waals surface area (Å²) in [5.74, 6) is -1.29. The molecule has 0 aliphatic carbocycles. The summed E-state index contributed by atoms with van der Waals surface area (Å²) in [4.78, 5) is 25.0. The van der Waals surface area contributed by atoms with Crippen LogP contribution in [0.5, 0.6) is 0 Å². The van der Waals surface area contributed by atoms with Crippen LogP contribution in [-0.4, -0.2) is 28.4 Å². The topological polar surface area (TPSA) is 70.7 Å². The Kier molecular flexibility index (Phi) is 3.48. The molecule has 0 fully saturated rings. The Balaban J connectivity index is 1.83. The first-order valence-electron chi connectivity index (χ1n) is 6.83. The van der Waals surface area contributed by atoms with Crippen LogP contribution < -0.4 is 0 Å². The van der Waals surface area contributed by atoms with Gasteiger partial charge in [0, 0.05) is 19.2 Å². The van der Waals surface area contributed by atoms with Gasteiger partial charge in [0.05, 0.1) is 5.56 Å². The number of carboxylic acid groups (broad SMARTS) is 1. The van der Waals surface area contributed by atoms with Crippen LogP contribution in [-0.2, 0) is 13.0 Å². The van der Waals surface area contributed by atoms with Gasteiger partial charge in [0.25, 0.3) is 5.91 Å². The Morgan fingerprint density at radius 1 is 1.19 bits per heavy atom. The van der Waals surface area contributed by atoms with E-state index in [4.69, 9.17) is 9.52 Å². The molecule has 2 aromatic rings. The van der Waals surface area contributed by atoms with Crippen LogP contribution in [0.3, 0.4) is 0 Å². The highest BCUT2D eigenvalue weighted by atomic mass is 16.4.